The van der Waals surface area contributed by atoms with Crippen molar-refractivity contribution in [3.8, 4) is 11.5 Å². The molecule has 152 valence electrons. The van der Waals surface area contributed by atoms with E-state index in [2.05, 4.69) is 10.6 Å². The van der Waals surface area contributed by atoms with Gasteiger partial charge in [-0.3, -0.25) is 9.59 Å². The second kappa shape index (κ2) is 8.84. The summed E-state index contributed by atoms with van der Waals surface area (Å²) in [6.07, 6.45) is 9.02. The van der Waals surface area contributed by atoms with Crippen molar-refractivity contribution in [3.63, 3.8) is 0 Å². The van der Waals surface area contributed by atoms with Crippen molar-refractivity contribution in [1.29, 1.82) is 0 Å². The Labute approximate surface area is 166 Å². The third-order valence-corrected chi connectivity index (χ3v) is 6.34. The minimum atomic E-state index is 0.0249. The lowest BCUT2D eigenvalue weighted by Crippen LogP contribution is -2.41. The second-order valence-electron chi connectivity index (χ2n) is 8.34. The molecule has 0 spiro atoms. The van der Waals surface area contributed by atoms with Crippen LogP contribution in [0.4, 0.5) is 0 Å². The zero-order valence-corrected chi connectivity index (χ0v) is 16.4. The van der Waals surface area contributed by atoms with Crippen molar-refractivity contribution >= 4 is 11.8 Å². The summed E-state index contributed by atoms with van der Waals surface area (Å²) in [5.74, 6) is 2.36. The fourth-order valence-electron chi connectivity index (χ4n) is 4.72. The topological polar surface area (TPSA) is 76.7 Å². The number of fused-ring (bicyclic) bond motifs is 1. The molecule has 2 fully saturated rings. The highest BCUT2D eigenvalue weighted by Crippen LogP contribution is 2.35. The van der Waals surface area contributed by atoms with Crippen molar-refractivity contribution in [3.05, 3.63) is 23.8 Å². The first-order valence-corrected chi connectivity index (χ1v) is 10.6. The van der Waals surface area contributed by atoms with Crippen LogP contribution < -0.4 is 20.1 Å². The largest absolute Gasteiger partial charge is 0.454 e. The molecule has 3 aliphatic rings. The molecule has 1 aromatic carbocycles. The predicted molar refractivity (Wildman–Crippen MR) is 105 cm³/mol. The second-order valence-corrected chi connectivity index (χ2v) is 8.34. The number of hydrogen-bond acceptors (Lipinski definition) is 4. The van der Waals surface area contributed by atoms with E-state index < -0.39 is 0 Å². The van der Waals surface area contributed by atoms with Gasteiger partial charge in [-0.05, 0) is 50.5 Å². The van der Waals surface area contributed by atoms with Crippen molar-refractivity contribution in [2.45, 2.75) is 70.4 Å². The Balaban J connectivity index is 1.19. The van der Waals surface area contributed by atoms with E-state index in [1.165, 1.54) is 25.7 Å². The third-order valence-electron chi connectivity index (χ3n) is 6.34. The van der Waals surface area contributed by atoms with E-state index in [1.807, 2.05) is 18.2 Å². The molecule has 1 aromatic rings. The van der Waals surface area contributed by atoms with Crippen LogP contribution >= 0.6 is 0 Å². The number of rotatable bonds is 6. The van der Waals surface area contributed by atoms with Gasteiger partial charge in [0.05, 0.1) is 0 Å². The van der Waals surface area contributed by atoms with E-state index in [9.17, 15) is 9.59 Å². The standard InChI is InChI=1S/C22H30N2O4/c25-20(12-15-4-1-2-5-15)24-18-10-8-16(9-11-18)22(26)23-13-17-6-3-7-19-21(17)28-14-27-19/h3,6-7,15-16,18H,1-2,4-5,8-14H2,(H,23,26)(H,24,25). The Kier molecular flexibility index (Phi) is 6.03. The van der Waals surface area contributed by atoms with Gasteiger partial charge in [-0.2, -0.15) is 0 Å². The van der Waals surface area contributed by atoms with Crippen LogP contribution in [0.15, 0.2) is 18.2 Å². The van der Waals surface area contributed by atoms with Gasteiger partial charge in [0.25, 0.3) is 0 Å². The van der Waals surface area contributed by atoms with Crippen molar-refractivity contribution in [1.82, 2.24) is 10.6 Å². The zero-order valence-electron chi connectivity index (χ0n) is 16.4. The maximum Gasteiger partial charge on any atom is 0.231 e. The van der Waals surface area contributed by atoms with Gasteiger partial charge in [0.15, 0.2) is 11.5 Å². The van der Waals surface area contributed by atoms with Crippen LogP contribution in [0.3, 0.4) is 0 Å². The van der Waals surface area contributed by atoms with E-state index >= 15 is 0 Å². The van der Waals surface area contributed by atoms with Gasteiger partial charge in [0.1, 0.15) is 0 Å². The molecular formula is C22H30N2O4. The SMILES string of the molecule is O=C(CC1CCCC1)NC1CCC(C(=O)NCc2cccc3c2OCO3)CC1. The Hall–Kier alpha value is -2.24. The third kappa shape index (κ3) is 4.59. The Morgan fingerprint density at radius 1 is 1.00 bits per heavy atom. The highest BCUT2D eigenvalue weighted by Gasteiger charge is 2.28. The minimum absolute atomic E-state index is 0.0249. The van der Waals surface area contributed by atoms with Crippen molar-refractivity contribution in [2.75, 3.05) is 6.79 Å². The molecule has 1 heterocycles. The summed E-state index contributed by atoms with van der Waals surface area (Å²) >= 11 is 0. The molecule has 0 atom stereocenters. The zero-order chi connectivity index (χ0) is 19.3. The molecule has 0 unspecified atom stereocenters. The number of hydrogen-bond donors (Lipinski definition) is 2. The van der Waals surface area contributed by atoms with Crippen LogP contribution in [0.5, 0.6) is 11.5 Å². The summed E-state index contributed by atoms with van der Waals surface area (Å²) in [5, 5.41) is 6.23. The molecule has 6 nitrogen and oxygen atoms in total. The van der Waals surface area contributed by atoms with Crippen LogP contribution in [-0.4, -0.2) is 24.6 Å². The van der Waals surface area contributed by atoms with Gasteiger partial charge in [-0.25, -0.2) is 0 Å². The molecule has 4 rings (SSSR count). The summed E-state index contributed by atoms with van der Waals surface area (Å²) < 4.78 is 10.9. The maximum absolute atomic E-state index is 12.6. The number of benzene rings is 1. The lowest BCUT2D eigenvalue weighted by atomic mass is 9.85. The summed E-state index contributed by atoms with van der Waals surface area (Å²) in [6.45, 7) is 0.681. The lowest BCUT2D eigenvalue weighted by Gasteiger charge is -2.28. The normalized spacial score (nSPS) is 24.1. The molecule has 2 saturated carbocycles. The number of para-hydroxylation sites is 1. The fourth-order valence-corrected chi connectivity index (χ4v) is 4.72. The van der Waals surface area contributed by atoms with Crippen molar-refractivity contribution in [2.24, 2.45) is 11.8 Å². The molecule has 0 bridgehead atoms. The van der Waals surface area contributed by atoms with E-state index in [-0.39, 0.29) is 30.6 Å². The molecule has 6 heteroatoms. The predicted octanol–water partition coefficient (Wildman–Crippen LogP) is 3.29. The number of ether oxygens (including phenoxy) is 2. The van der Waals surface area contributed by atoms with Crippen LogP contribution in [-0.2, 0) is 16.1 Å². The average molecular weight is 386 g/mol. The van der Waals surface area contributed by atoms with E-state index in [0.29, 0.717) is 18.9 Å². The van der Waals surface area contributed by atoms with Gasteiger partial charge in [0.2, 0.25) is 18.6 Å². The molecule has 0 radical (unpaired) electrons. The smallest absolute Gasteiger partial charge is 0.231 e. The Morgan fingerprint density at radius 2 is 1.79 bits per heavy atom. The van der Waals surface area contributed by atoms with Crippen LogP contribution in [0, 0.1) is 11.8 Å². The first-order valence-electron chi connectivity index (χ1n) is 10.6. The minimum Gasteiger partial charge on any atom is -0.454 e. The van der Waals surface area contributed by atoms with Crippen molar-refractivity contribution < 1.29 is 19.1 Å². The molecule has 2 amide bonds. The molecule has 0 aromatic heterocycles. The first kappa shape index (κ1) is 19.1. The molecular weight excluding hydrogens is 356 g/mol. The van der Waals surface area contributed by atoms with Crippen LogP contribution in [0.25, 0.3) is 0 Å². The van der Waals surface area contributed by atoms with E-state index in [1.54, 1.807) is 0 Å². The summed E-state index contributed by atoms with van der Waals surface area (Å²) in [7, 11) is 0. The van der Waals surface area contributed by atoms with Gasteiger partial charge < -0.3 is 20.1 Å². The quantitative estimate of drug-likeness (QED) is 0.787. The maximum atomic E-state index is 12.6. The molecule has 28 heavy (non-hydrogen) atoms. The van der Waals surface area contributed by atoms with Crippen LogP contribution in [0.1, 0.15) is 63.4 Å². The highest BCUT2D eigenvalue weighted by molar-refractivity contribution is 5.79. The molecule has 2 N–H and O–H groups in total. The number of carbonyl (C=O) groups excluding carboxylic acids is 2. The molecule has 2 aliphatic carbocycles. The van der Waals surface area contributed by atoms with Gasteiger partial charge in [-0.15, -0.1) is 0 Å². The van der Waals surface area contributed by atoms with Crippen LogP contribution in [0.2, 0.25) is 0 Å². The number of amides is 2. The summed E-state index contributed by atoms with van der Waals surface area (Å²) in [5.41, 5.74) is 0.941. The van der Waals surface area contributed by atoms with E-state index in [4.69, 9.17) is 9.47 Å². The average Bonchev–Trinajstić information content (AvgIpc) is 3.38. The summed E-state index contributed by atoms with van der Waals surface area (Å²) in [6, 6.07) is 5.95. The Morgan fingerprint density at radius 3 is 2.57 bits per heavy atom. The molecule has 1 aliphatic heterocycles. The van der Waals surface area contributed by atoms with E-state index in [0.717, 1.165) is 42.7 Å². The number of carbonyl (C=O) groups is 2. The van der Waals surface area contributed by atoms with Gasteiger partial charge >= 0.3 is 0 Å². The number of nitrogens with one attached hydrogen (secondary N) is 2. The van der Waals surface area contributed by atoms with Gasteiger partial charge in [0, 0.05) is 30.5 Å². The lowest BCUT2D eigenvalue weighted by molar-refractivity contribution is -0.126. The highest BCUT2D eigenvalue weighted by atomic mass is 16.7. The molecule has 0 saturated heterocycles. The summed E-state index contributed by atoms with van der Waals surface area (Å²) in [4.78, 5) is 24.8. The fraction of sp³-hybridized carbons (Fsp3) is 0.636. The monoisotopic (exact) mass is 386 g/mol. The first-order chi connectivity index (χ1) is 13.7. The Bertz CT molecular complexity index is 706. The van der Waals surface area contributed by atoms with Gasteiger partial charge in [-0.1, -0.05) is 25.0 Å².